The van der Waals surface area contributed by atoms with Gasteiger partial charge in [0.25, 0.3) is 0 Å². The van der Waals surface area contributed by atoms with Gasteiger partial charge < -0.3 is 9.80 Å². The third kappa shape index (κ3) is 2.14. The van der Waals surface area contributed by atoms with Gasteiger partial charge >= 0.3 is 6.03 Å². The van der Waals surface area contributed by atoms with Gasteiger partial charge in [-0.05, 0) is 19.9 Å². The first-order valence-corrected chi connectivity index (χ1v) is 6.08. The zero-order valence-corrected chi connectivity index (χ0v) is 11.2. The Morgan fingerprint density at radius 3 is 2.63 bits per heavy atom. The van der Waals surface area contributed by atoms with Gasteiger partial charge in [-0.15, -0.1) is 0 Å². The number of hydrogen-bond acceptors (Lipinski definition) is 2. The van der Waals surface area contributed by atoms with Crippen molar-refractivity contribution in [2.45, 2.75) is 25.4 Å². The maximum atomic E-state index is 13.8. The molecule has 1 aromatic rings. The van der Waals surface area contributed by atoms with E-state index in [0.717, 1.165) is 0 Å². The lowest BCUT2D eigenvalue weighted by molar-refractivity contribution is 0.172. The van der Waals surface area contributed by atoms with Crippen molar-refractivity contribution >= 4 is 6.03 Å². The Kier molecular flexibility index (Phi) is 3.19. The van der Waals surface area contributed by atoms with Crippen LogP contribution in [0.5, 0.6) is 0 Å². The number of carbonyl (C=O) groups is 1. The first kappa shape index (κ1) is 13.3. The summed E-state index contributed by atoms with van der Waals surface area (Å²) in [6.45, 7) is 3.68. The summed E-state index contributed by atoms with van der Waals surface area (Å²) in [7, 11) is 1.63. The highest BCUT2D eigenvalue weighted by atomic mass is 19.1. The molecular formula is C14H16FN3O. The van der Waals surface area contributed by atoms with Crippen molar-refractivity contribution in [2.24, 2.45) is 0 Å². The molecule has 1 saturated heterocycles. The fourth-order valence-corrected chi connectivity index (χ4v) is 2.28. The van der Waals surface area contributed by atoms with Crippen LogP contribution in [0.25, 0.3) is 0 Å². The predicted octanol–water partition coefficient (Wildman–Crippen LogP) is 2.54. The molecule has 0 bridgehead atoms. The molecule has 100 valence electrons. The number of urea groups is 1. The molecule has 0 saturated carbocycles. The molecule has 1 atom stereocenters. The third-order valence-corrected chi connectivity index (χ3v) is 3.57. The fraction of sp³-hybridized carbons (Fsp3) is 0.429. The lowest BCUT2D eigenvalue weighted by Gasteiger charge is -2.27. The molecule has 1 heterocycles. The van der Waals surface area contributed by atoms with Gasteiger partial charge in [-0.1, -0.05) is 18.2 Å². The predicted molar refractivity (Wildman–Crippen MR) is 68.7 cm³/mol. The topological polar surface area (TPSA) is 47.3 Å². The van der Waals surface area contributed by atoms with E-state index in [2.05, 4.69) is 6.07 Å². The van der Waals surface area contributed by atoms with E-state index in [9.17, 15) is 9.18 Å². The summed E-state index contributed by atoms with van der Waals surface area (Å²) >= 11 is 0. The van der Waals surface area contributed by atoms with E-state index in [1.807, 2.05) is 0 Å². The maximum Gasteiger partial charge on any atom is 0.321 e. The lowest BCUT2D eigenvalue weighted by Crippen LogP contribution is -2.44. The van der Waals surface area contributed by atoms with Crippen LogP contribution >= 0.6 is 0 Å². The molecule has 0 aliphatic carbocycles. The van der Waals surface area contributed by atoms with E-state index >= 15 is 0 Å². The number of nitrogens with zero attached hydrogens (tertiary/aromatic N) is 3. The molecule has 19 heavy (non-hydrogen) atoms. The van der Waals surface area contributed by atoms with Gasteiger partial charge in [-0.3, -0.25) is 0 Å². The number of halogens is 1. The Morgan fingerprint density at radius 2 is 2.05 bits per heavy atom. The summed E-state index contributed by atoms with van der Waals surface area (Å²) in [5.74, 6) is -0.330. The molecule has 2 rings (SSSR count). The van der Waals surface area contributed by atoms with Crippen LogP contribution in [0.4, 0.5) is 9.18 Å². The van der Waals surface area contributed by atoms with Crippen LogP contribution in [0.15, 0.2) is 24.3 Å². The summed E-state index contributed by atoms with van der Waals surface area (Å²) in [5, 5.41) is 9.13. The molecule has 1 fully saturated rings. The number of hydrogen-bond donors (Lipinski definition) is 0. The Morgan fingerprint density at radius 1 is 1.42 bits per heavy atom. The number of benzene rings is 1. The second kappa shape index (κ2) is 4.54. The minimum absolute atomic E-state index is 0.250. The van der Waals surface area contributed by atoms with Crippen molar-refractivity contribution in [1.82, 2.24) is 9.80 Å². The standard InChI is InChI=1S/C14H16FN3O/c1-14(2,9-16)18-8-12(17(3)13(18)19)10-6-4-5-7-11(10)15/h4-7,12H,8H2,1-3H3. The largest absolute Gasteiger partial charge is 0.321 e. The normalized spacial score (nSPS) is 19.7. The monoisotopic (exact) mass is 261 g/mol. The second-order valence-corrected chi connectivity index (χ2v) is 5.21. The molecular weight excluding hydrogens is 245 g/mol. The third-order valence-electron chi connectivity index (χ3n) is 3.57. The van der Waals surface area contributed by atoms with Crippen molar-refractivity contribution in [3.8, 4) is 6.07 Å². The van der Waals surface area contributed by atoms with Gasteiger partial charge in [0.1, 0.15) is 11.4 Å². The first-order valence-electron chi connectivity index (χ1n) is 6.08. The Labute approximate surface area is 112 Å². The van der Waals surface area contributed by atoms with Crippen LogP contribution in [0.2, 0.25) is 0 Å². The quantitative estimate of drug-likeness (QED) is 0.821. The molecule has 0 N–H and O–H groups in total. The summed E-state index contributed by atoms with van der Waals surface area (Å²) in [5.41, 5.74) is -0.416. The van der Waals surface area contributed by atoms with E-state index in [-0.39, 0.29) is 17.9 Å². The van der Waals surface area contributed by atoms with Gasteiger partial charge in [0.15, 0.2) is 0 Å². The SMILES string of the molecule is CN1C(=O)N(C(C)(C)C#N)CC1c1ccccc1F. The summed E-state index contributed by atoms with van der Waals surface area (Å²) in [6.07, 6.45) is 0. The molecule has 0 aromatic heterocycles. The van der Waals surface area contributed by atoms with E-state index in [1.54, 1.807) is 39.1 Å². The number of rotatable bonds is 2. The van der Waals surface area contributed by atoms with Crippen molar-refractivity contribution in [1.29, 1.82) is 5.26 Å². The zero-order chi connectivity index (χ0) is 14.2. The molecule has 5 heteroatoms. The highest BCUT2D eigenvalue weighted by Crippen LogP contribution is 2.33. The molecule has 1 aliphatic rings. The molecule has 4 nitrogen and oxygen atoms in total. The van der Waals surface area contributed by atoms with Crippen LogP contribution in [0.3, 0.4) is 0 Å². The Hall–Kier alpha value is -2.09. The number of carbonyl (C=O) groups excluding carboxylic acids is 1. The molecule has 2 amide bonds. The number of nitriles is 1. The first-order chi connectivity index (χ1) is 8.88. The van der Waals surface area contributed by atoms with Crippen LogP contribution in [0, 0.1) is 17.1 Å². The van der Waals surface area contributed by atoms with Crippen molar-refractivity contribution in [2.75, 3.05) is 13.6 Å². The maximum absolute atomic E-state index is 13.8. The Bertz CT molecular complexity index is 550. The molecule has 1 aliphatic heterocycles. The zero-order valence-electron chi connectivity index (χ0n) is 11.2. The molecule has 0 radical (unpaired) electrons. The molecule has 0 spiro atoms. The summed E-state index contributed by atoms with van der Waals surface area (Å²) in [6, 6.07) is 7.91. The van der Waals surface area contributed by atoms with E-state index in [1.165, 1.54) is 15.9 Å². The molecule has 1 unspecified atom stereocenters. The highest BCUT2D eigenvalue weighted by molar-refractivity contribution is 5.78. The minimum Gasteiger partial charge on any atom is -0.319 e. The average Bonchev–Trinajstić information content (AvgIpc) is 2.68. The number of likely N-dealkylation sites (N-methyl/N-ethyl adjacent to an activating group) is 1. The highest BCUT2D eigenvalue weighted by Gasteiger charge is 2.43. The number of amides is 2. The van der Waals surface area contributed by atoms with Crippen molar-refractivity contribution < 1.29 is 9.18 Å². The van der Waals surface area contributed by atoms with E-state index in [0.29, 0.717) is 12.1 Å². The Balaban J connectivity index is 2.35. The second-order valence-electron chi connectivity index (χ2n) is 5.21. The van der Waals surface area contributed by atoms with Gasteiger partial charge in [0.05, 0.1) is 12.1 Å². The van der Waals surface area contributed by atoms with Crippen LogP contribution in [-0.4, -0.2) is 35.0 Å². The molecule has 1 aromatic carbocycles. The van der Waals surface area contributed by atoms with E-state index < -0.39 is 5.54 Å². The summed E-state index contributed by atoms with van der Waals surface area (Å²) < 4.78 is 13.8. The minimum atomic E-state index is -0.897. The smallest absolute Gasteiger partial charge is 0.319 e. The van der Waals surface area contributed by atoms with Crippen molar-refractivity contribution in [3.05, 3.63) is 35.6 Å². The summed E-state index contributed by atoms with van der Waals surface area (Å²) in [4.78, 5) is 15.1. The van der Waals surface area contributed by atoms with E-state index in [4.69, 9.17) is 5.26 Å². The van der Waals surface area contributed by atoms with Gasteiger partial charge in [-0.2, -0.15) is 5.26 Å². The van der Waals surface area contributed by atoms with Crippen LogP contribution in [-0.2, 0) is 0 Å². The fourth-order valence-electron chi connectivity index (χ4n) is 2.28. The average molecular weight is 261 g/mol. The van der Waals surface area contributed by atoms with Crippen LogP contribution < -0.4 is 0 Å². The lowest BCUT2D eigenvalue weighted by atomic mass is 10.0. The van der Waals surface area contributed by atoms with Gasteiger partial charge in [0.2, 0.25) is 0 Å². The van der Waals surface area contributed by atoms with Gasteiger partial charge in [-0.25, -0.2) is 9.18 Å². The van der Waals surface area contributed by atoms with Gasteiger partial charge in [0, 0.05) is 19.2 Å². The van der Waals surface area contributed by atoms with Crippen LogP contribution in [0.1, 0.15) is 25.5 Å². The van der Waals surface area contributed by atoms with Crippen molar-refractivity contribution in [3.63, 3.8) is 0 Å².